The van der Waals surface area contributed by atoms with E-state index in [0.29, 0.717) is 0 Å². The van der Waals surface area contributed by atoms with Gasteiger partial charge in [0.05, 0.1) is 5.92 Å². The van der Waals surface area contributed by atoms with Gasteiger partial charge in [0.15, 0.2) is 0 Å². The number of aliphatic carboxylic acids is 1. The van der Waals surface area contributed by atoms with E-state index in [1.807, 2.05) is 24.3 Å². The highest BCUT2D eigenvalue weighted by atomic mass is 79.9. The lowest BCUT2D eigenvalue weighted by Crippen LogP contribution is -1.99. The first-order valence-electron chi connectivity index (χ1n) is 4.17. The SMILES string of the molecule is O=C(O)C1CC1c1ccccc1Br. The third-order valence-electron chi connectivity index (χ3n) is 2.41. The van der Waals surface area contributed by atoms with Crippen molar-refractivity contribution in [2.75, 3.05) is 0 Å². The summed E-state index contributed by atoms with van der Waals surface area (Å²) in [6, 6.07) is 7.81. The van der Waals surface area contributed by atoms with Gasteiger partial charge in [0.2, 0.25) is 0 Å². The van der Waals surface area contributed by atoms with Crippen molar-refractivity contribution in [1.82, 2.24) is 0 Å². The average Bonchev–Trinajstić information content (AvgIpc) is 2.84. The molecule has 13 heavy (non-hydrogen) atoms. The third kappa shape index (κ3) is 1.61. The molecule has 2 nitrogen and oxygen atoms in total. The van der Waals surface area contributed by atoms with E-state index < -0.39 is 5.97 Å². The Morgan fingerprint density at radius 1 is 1.46 bits per heavy atom. The van der Waals surface area contributed by atoms with Crippen LogP contribution in [0.5, 0.6) is 0 Å². The topological polar surface area (TPSA) is 37.3 Å². The van der Waals surface area contributed by atoms with Crippen molar-refractivity contribution in [3.8, 4) is 0 Å². The summed E-state index contributed by atoms with van der Waals surface area (Å²) >= 11 is 3.42. The standard InChI is InChI=1S/C10H9BrO2/c11-9-4-2-1-3-6(9)7-5-8(7)10(12)13/h1-4,7-8H,5H2,(H,12,13). The molecule has 0 amide bonds. The fraction of sp³-hybridized carbons (Fsp3) is 0.300. The molecule has 1 aromatic carbocycles. The van der Waals surface area contributed by atoms with Gasteiger partial charge in [-0.3, -0.25) is 4.79 Å². The molecule has 1 aliphatic carbocycles. The van der Waals surface area contributed by atoms with Crippen LogP contribution in [0.2, 0.25) is 0 Å². The smallest absolute Gasteiger partial charge is 0.307 e. The fourth-order valence-corrected chi connectivity index (χ4v) is 2.17. The van der Waals surface area contributed by atoms with Crippen LogP contribution >= 0.6 is 15.9 Å². The predicted octanol–water partition coefficient (Wildman–Crippen LogP) is 2.64. The predicted molar refractivity (Wildman–Crippen MR) is 52.6 cm³/mol. The fourth-order valence-electron chi connectivity index (χ4n) is 1.59. The average molecular weight is 241 g/mol. The minimum absolute atomic E-state index is 0.168. The third-order valence-corrected chi connectivity index (χ3v) is 3.13. The highest BCUT2D eigenvalue weighted by molar-refractivity contribution is 9.10. The Bertz CT molecular complexity index is 349. The number of carboxylic acid groups (broad SMARTS) is 1. The molecule has 0 aliphatic heterocycles. The van der Waals surface area contributed by atoms with Crippen molar-refractivity contribution >= 4 is 21.9 Å². The second kappa shape index (κ2) is 3.14. The monoisotopic (exact) mass is 240 g/mol. The number of carbonyl (C=O) groups is 1. The highest BCUT2D eigenvalue weighted by Gasteiger charge is 2.44. The molecular weight excluding hydrogens is 232 g/mol. The summed E-state index contributed by atoms with van der Waals surface area (Å²) in [5.41, 5.74) is 1.12. The van der Waals surface area contributed by atoms with Gasteiger partial charge in [0.25, 0.3) is 0 Å². The van der Waals surface area contributed by atoms with Crippen LogP contribution in [0.3, 0.4) is 0 Å². The summed E-state index contributed by atoms with van der Waals surface area (Å²) in [4.78, 5) is 10.6. The molecule has 0 saturated heterocycles. The van der Waals surface area contributed by atoms with Gasteiger partial charge in [0, 0.05) is 4.47 Å². The van der Waals surface area contributed by atoms with E-state index in [9.17, 15) is 4.79 Å². The Hall–Kier alpha value is -0.830. The Morgan fingerprint density at radius 3 is 2.69 bits per heavy atom. The molecule has 0 spiro atoms. The number of carboxylic acids is 1. The summed E-state index contributed by atoms with van der Waals surface area (Å²) < 4.78 is 1.02. The van der Waals surface area contributed by atoms with Crippen molar-refractivity contribution < 1.29 is 9.90 Å². The van der Waals surface area contributed by atoms with Crippen LogP contribution in [0.4, 0.5) is 0 Å². The molecular formula is C10H9BrO2. The van der Waals surface area contributed by atoms with Crippen molar-refractivity contribution in [3.05, 3.63) is 34.3 Å². The van der Waals surface area contributed by atoms with E-state index in [1.54, 1.807) is 0 Å². The van der Waals surface area contributed by atoms with Crippen LogP contribution in [0.1, 0.15) is 17.9 Å². The molecule has 0 aromatic heterocycles. The highest BCUT2D eigenvalue weighted by Crippen LogP contribution is 2.49. The lowest BCUT2D eigenvalue weighted by atomic mass is 10.1. The van der Waals surface area contributed by atoms with Crippen LogP contribution in [0.15, 0.2) is 28.7 Å². The number of hydrogen-bond acceptors (Lipinski definition) is 1. The van der Waals surface area contributed by atoms with Crippen molar-refractivity contribution in [1.29, 1.82) is 0 Å². The maximum Gasteiger partial charge on any atom is 0.307 e. The van der Waals surface area contributed by atoms with E-state index in [4.69, 9.17) is 5.11 Å². The van der Waals surface area contributed by atoms with Gasteiger partial charge >= 0.3 is 5.97 Å². The van der Waals surface area contributed by atoms with Crippen LogP contribution in [0.25, 0.3) is 0 Å². The summed E-state index contributed by atoms with van der Waals surface area (Å²) in [6.07, 6.45) is 0.776. The zero-order valence-corrected chi connectivity index (χ0v) is 8.49. The summed E-state index contributed by atoms with van der Waals surface area (Å²) in [7, 11) is 0. The second-order valence-corrected chi connectivity index (χ2v) is 4.16. The molecule has 1 aliphatic rings. The summed E-state index contributed by atoms with van der Waals surface area (Å²) in [6.45, 7) is 0. The lowest BCUT2D eigenvalue weighted by molar-refractivity contribution is -0.138. The largest absolute Gasteiger partial charge is 0.481 e. The van der Waals surface area contributed by atoms with Gasteiger partial charge in [0.1, 0.15) is 0 Å². The Labute approximate surface area is 84.7 Å². The van der Waals surface area contributed by atoms with Crippen LogP contribution in [-0.2, 0) is 4.79 Å². The molecule has 1 N–H and O–H groups in total. The molecule has 2 atom stereocenters. The van der Waals surface area contributed by atoms with Crippen LogP contribution in [0, 0.1) is 5.92 Å². The van der Waals surface area contributed by atoms with E-state index >= 15 is 0 Å². The van der Waals surface area contributed by atoms with E-state index in [1.165, 1.54) is 0 Å². The Kier molecular flexibility index (Phi) is 2.12. The zero-order valence-electron chi connectivity index (χ0n) is 6.90. The zero-order chi connectivity index (χ0) is 9.42. The molecule has 1 fully saturated rings. The molecule has 2 rings (SSSR count). The molecule has 1 aromatic rings. The first kappa shape index (κ1) is 8.75. The second-order valence-electron chi connectivity index (χ2n) is 3.31. The first-order valence-corrected chi connectivity index (χ1v) is 4.96. The number of halogens is 1. The maximum atomic E-state index is 10.6. The van der Waals surface area contributed by atoms with Gasteiger partial charge < -0.3 is 5.11 Å². The Morgan fingerprint density at radius 2 is 2.15 bits per heavy atom. The van der Waals surface area contributed by atoms with Crippen LogP contribution in [-0.4, -0.2) is 11.1 Å². The molecule has 0 heterocycles. The summed E-state index contributed by atoms with van der Waals surface area (Å²) in [5.74, 6) is -0.632. The van der Waals surface area contributed by atoms with Crippen molar-refractivity contribution in [3.63, 3.8) is 0 Å². The minimum Gasteiger partial charge on any atom is -0.481 e. The normalized spacial score (nSPS) is 25.6. The molecule has 3 heteroatoms. The van der Waals surface area contributed by atoms with Gasteiger partial charge in [-0.2, -0.15) is 0 Å². The molecule has 1 saturated carbocycles. The lowest BCUT2D eigenvalue weighted by Gasteiger charge is -2.00. The van der Waals surface area contributed by atoms with E-state index in [2.05, 4.69) is 15.9 Å². The maximum absolute atomic E-state index is 10.6. The molecule has 0 bridgehead atoms. The summed E-state index contributed by atoms with van der Waals surface area (Å²) in [5, 5.41) is 8.76. The van der Waals surface area contributed by atoms with Crippen LogP contribution < -0.4 is 0 Å². The molecule has 2 unspecified atom stereocenters. The molecule has 0 radical (unpaired) electrons. The first-order chi connectivity index (χ1) is 6.20. The van der Waals surface area contributed by atoms with E-state index in [0.717, 1.165) is 16.5 Å². The van der Waals surface area contributed by atoms with Gasteiger partial charge in [-0.05, 0) is 24.0 Å². The minimum atomic E-state index is -0.680. The quantitative estimate of drug-likeness (QED) is 0.864. The Balaban J connectivity index is 2.21. The molecule has 68 valence electrons. The van der Waals surface area contributed by atoms with Gasteiger partial charge in [-0.15, -0.1) is 0 Å². The number of rotatable bonds is 2. The number of hydrogen-bond donors (Lipinski definition) is 1. The number of benzene rings is 1. The van der Waals surface area contributed by atoms with Gasteiger partial charge in [-0.25, -0.2) is 0 Å². The van der Waals surface area contributed by atoms with Gasteiger partial charge in [-0.1, -0.05) is 34.1 Å². The van der Waals surface area contributed by atoms with E-state index in [-0.39, 0.29) is 11.8 Å². The van der Waals surface area contributed by atoms with Crippen molar-refractivity contribution in [2.45, 2.75) is 12.3 Å². The van der Waals surface area contributed by atoms with Crippen molar-refractivity contribution in [2.24, 2.45) is 5.92 Å².